The van der Waals surface area contributed by atoms with Crippen molar-refractivity contribution in [2.75, 3.05) is 0 Å². The van der Waals surface area contributed by atoms with Gasteiger partial charge >= 0.3 is 0 Å². The van der Waals surface area contributed by atoms with Crippen molar-refractivity contribution < 1.29 is 4.43 Å². The monoisotopic (exact) mass is 224 g/mol. The van der Waals surface area contributed by atoms with Crippen LogP contribution in [0, 0.1) is 11.8 Å². The number of allylic oxidation sites excluding steroid dienone is 2. The van der Waals surface area contributed by atoms with Gasteiger partial charge in [-0.05, 0) is 49.9 Å². The first-order chi connectivity index (χ1) is 6.79. The molecule has 1 rings (SSSR count). The van der Waals surface area contributed by atoms with Gasteiger partial charge in [-0.1, -0.05) is 26.5 Å². The van der Waals surface area contributed by atoms with E-state index in [0.29, 0.717) is 0 Å². The average molecular weight is 224 g/mol. The molecule has 0 aromatic rings. The second-order valence-corrected chi connectivity index (χ2v) is 10.2. The molecule has 15 heavy (non-hydrogen) atoms. The molecule has 86 valence electrons. The van der Waals surface area contributed by atoms with E-state index in [4.69, 9.17) is 4.43 Å². The SMILES string of the molecule is C=C(O[Si](C)(C)C)C1=CCC(C(C)C)C1. The third kappa shape index (κ3) is 3.86. The predicted molar refractivity (Wildman–Crippen MR) is 69.2 cm³/mol. The molecule has 0 saturated heterocycles. The van der Waals surface area contributed by atoms with Gasteiger partial charge in [-0.25, -0.2) is 0 Å². The van der Waals surface area contributed by atoms with Crippen LogP contribution in [0.4, 0.5) is 0 Å². The molecule has 0 bridgehead atoms. The lowest BCUT2D eigenvalue weighted by Crippen LogP contribution is -2.25. The first-order valence-corrected chi connectivity index (χ1v) is 9.28. The topological polar surface area (TPSA) is 9.23 Å². The van der Waals surface area contributed by atoms with E-state index in [1.807, 2.05) is 0 Å². The van der Waals surface area contributed by atoms with Crippen molar-refractivity contribution in [1.82, 2.24) is 0 Å². The van der Waals surface area contributed by atoms with Gasteiger partial charge in [0, 0.05) is 0 Å². The van der Waals surface area contributed by atoms with Crippen molar-refractivity contribution in [2.45, 2.75) is 46.3 Å². The average Bonchev–Trinajstić information content (AvgIpc) is 2.47. The molecular weight excluding hydrogens is 200 g/mol. The highest BCUT2D eigenvalue weighted by atomic mass is 28.4. The largest absolute Gasteiger partial charge is 0.545 e. The Hall–Kier alpha value is -0.503. The van der Waals surface area contributed by atoms with Gasteiger partial charge in [-0.2, -0.15) is 0 Å². The standard InChI is InChI=1S/C13H24OSi/c1-10(2)12-7-8-13(9-12)11(3)14-15(4,5)6/h8,10,12H,3,7,9H2,1-2,4-6H3. The summed E-state index contributed by atoms with van der Waals surface area (Å²) in [5, 5.41) is 0. The minimum Gasteiger partial charge on any atom is -0.545 e. The Kier molecular flexibility index (Phi) is 3.82. The molecule has 0 spiro atoms. The summed E-state index contributed by atoms with van der Waals surface area (Å²) in [6.07, 6.45) is 4.66. The smallest absolute Gasteiger partial charge is 0.242 e. The number of hydrogen-bond acceptors (Lipinski definition) is 1. The molecule has 0 radical (unpaired) electrons. The maximum atomic E-state index is 5.93. The summed E-state index contributed by atoms with van der Waals surface area (Å²) in [4.78, 5) is 0. The molecule has 1 aliphatic carbocycles. The van der Waals surface area contributed by atoms with E-state index < -0.39 is 8.32 Å². The van der Waals surface area contributed by atoms with E-state index in [-0.39, 0.29) is 0 Å². The first kappa shape index (κ1) is 12.6. The Labute approximate surface area is 95.4 Å². The zero-order chi connectivity index (χ0) is 11.6. The highest BCUT2D eigenvalue weighted by Gasteiger charge is 2.24. The Bertz CT molecular complexity index is 271. The van der Waals surface area contributed by atoms with Crippen LogP contribution in [0.5, 0.6) is 0 Å². The van der Waals surface area contributed by atoms with Crippen molar-refractivity contribution in [3.63, 3.8) is 0 Å². The minimum absolute atomic E-state index is 0.762. The molecule has 1 unspecified atom stereocenters. The van der Waals surface area contributed by atoms with Crippen molar-refractivity contribution in [3.8, 4) is 0 Å². The lowest BCUT2D eigenvalue weighted by atomic mass is 9.92. The third-order valence-corrected chi connectivity index (χ3v) is 3.74. The molecule has 0 amide bonds. The zero-order valence-corrected chi connectivity index (χ0v) is 11.8. The predicted octanol–water partition coefficient (Wildman–Crippen LogP) is 4.34. The molecule has 1 atom stereocenters. The fourth-order valence-electron chi connectivity index (χ4n) is 1.91. The lowest BCUT2D eigenvalue weighted by molar-refractivity contribution is 0.389. The van der Waals surface area contributed by atoms with Gasteiger partial charge in [0.15, 0.2) is 0 Å². The molecule has 0 aromatic carbocycles. The van der Waals surface area contributed by atoms with E-state index in [1.165, 1.54) is 12.0 Å². The van der Waals surface area contributed by atoms with Crippen LogP contribution in [0.3, 0.4) is 0 Å². The summed E-state index contributed by atoms with van der Waals surface area (Å²) in [7, 11) is -1.48. The molecule has 1 aliphatic rings. The van der Waals surface area contributed by atoms with Crippen LogP contribution in [-0.2, 0) is 4.43 Å². The van der Waals surface area contributed by atoms with Crippen LogP contribution in [-0.4, -0.2) is 8.32 Å². The molecular formula is C13H24OSi. The summed E-state index contributed by atoms with van der Waals surface area (Å²) in [5.41, 5.74) is 1.34. The molecule has 0 saturated carbocycles. The van der Waals surface area contributed by atoms with E-state index in [1.54, 1.807) is 0 Å². The van der Waals surface area contributed by atoms with Crippen LogP contribution >= 0.6 is 0 Å². The van der Waals surface area contributed by atoms with Crippen LogP contribution in [0.25, 0.3) is 0 Å². The second-order valence-electron chi connectivity index (χ2n) is 5.81. The van der Waals surface area contributed by atoms with Gasteiger partial charge in [-0.3, -0.25) is 0 Å². The summed E-state index contributed by atoms with van der Waals surface area (Å²) in [6.45, 7) is 15.3. The highest BCUT2D eigenvalue weighted by Crippen LogP contribution is 2.34. The molecule has 0 heterocycles. The summed E-state index contributed by atoms with van der Waals surface area (Å²) in [5.74, 6) is 2.48. The van der Waals surface area contributed by atoms with Crippen LogP contribution in [0.2, 0.25) is 19.6 Å². The minimum atomic E-state index is -1.48. The molecule has 0 aliphatic heterocycles. The second kappa shape index (κ2) is 4.56. The summed E-state index contributed by atoms with van der Waals surface area (Å²) < 4.78 is 5.93. The van der Waals surface area contributed by atoms with E-state index >= 15 is 0 Å². The Balaban J connectivity index is 2.51. The summed E-state index contributed by atoms with van der Waals surface area (Å²) in [6, 6.07) is 0. The van der Waals surface area contributed by atoms with Crippen molar-refractivity contribution in [2.24, 2.45) is 11.8 Å². The van der Waals surface area contributed by atoms with Gasteiger partial charge in [0.1, 0.15) is 0 Å². The highest BCUT2D eigenvalue weighted by molar-refractivity contribution is 6.70. The zero-order valence-electron chi connectivity index (χ0n) is 10.8. The first-order valence-electron chi connectivity index (χ1n) is 5.87. The molecule has 2 heteroatoms. The molecule has 1 nitrogen and oxygen atoms in total. The molecule has 0 fully saturated rings. The Morgan fingerprint density at radius 2 is 2.07 bits per heavy atom. The maximum Gasteiger partial charge on any atom is 0.242 e. The van der Waals surface area contributed by atoms with Crippen LogP contribution in [0.15, 0.2) is 24.0 Å². The lowest BCUT2D eigenvalue weighted by Gasteiger charge is -2.22. The van der Waals surface area contributed by atoms with Crippen molar-refractivity contribution in [1.29, 1.82) is 0 Å². The maximum absolute atomic E-state index is 5.93. The fourth-order valence-corrected chi connectivity index (χ4v) is 2.78. The Morgan fingerprint density at radius 1 is 1.47 bits per heavy atom. The number of hydrogen-bond donors (Lipinski definition) is 0. The normalized spacial score (nSPS) is 21.7. The van der Waals surface area contributed by atoms with E-state index in [9.17, 15) is 0 Å². The van der Waals surface area contributed by atoms with Crippen molar-refractivity contribution >= 4 is 8.32 Å². The molecule has 0 N–H and O–H groups in total. The van der Waals surface area contributed by atoms with Crippen LogP contribution < -0.4 is 0 Å². The van der Waals surface area contributed by atoms with E-state index in [2.05, 4.69) is 46.1 Å². The van der Waals surface area contributed by atoms with Gasteiger partial charge in [0.05, 0.1) is 5.76 Å². The quantitative estimate of drug-likeness (QED) is 0.510. The third-order valence-electron chi connectivity index (χ3n) is 2.88. The van der Waals surface area contributed by atoms with Crippen LogP contribution in [0.1, 0.15) is 26.7 Å². The number of rotatable bonds is 4. The Morgan fingerprint density at radius 3 is 2.47 bits per heavy atom. The van der Waals surface area contributed by atoms with Gasteiger partial charge in [0.25, 0.3) is 0 Å². The van der Waals surface area contributed by atoms with Gasteiger partial charge in [-0.15, -0.1) is 0 Å². The fraction of sp³-hybridized carbons (Fsp3) is 0.692. The molecule has 0 aromatic heterocycles. The van der Waals surface area contributed by atoms with Gasteiger partial charge < -0.3 is 4.43 Å². The summed E-state index contributed by atoms with van der Waals surface area (Å²) >= 11 is 0. The van der Waals surface area contributed by atoms with E-state index in [0.717, 1.165) is 24.0 Å². The van der Waals surface area contributed by atoms with Crippen molar-refractivity contribution in [3.05, 3.63) is 24.0 Å². The van der Waals surface area contributed by atoms with Gasteiger partial charge in [0.2, 0.25) is 8.32 Å².